The summed E-state index contributed by atoms with van der Waals surface area (Å²) in [5.41, 5.74) is 2.06. The molecular weight excluding hydrogens is 418 g/mol. The van der Waals surface area contributed by atoms with Crippen molar-refractivity contribution in [3.05, 3.63) is 57.9 Å². The zero-order chi connectivity index (χ0) is 22.0. The van der Waals surface area contributed by atoms with Gasteiger partial charge in [0.25, 0.3) is 5.56 Å². The lowest BCUT2D eigenvalue weighted by Crippen LogP contribution is -2.38. The number of hydrogen-bond donors (Lipinski definition) is 2. The molecule has 0 saturated carbocycles. The van der Waals surface area contributed by atoms with Gasteiger partial charge >= 0.3 is 0 Å². The number of benzene rings is 2. The van der Waals surface area contributed by atoms with E-state index in [1.807, 2.05) is 35.2 Å². The van der Waals surface area contributed by atoms with Crippen molar-refractivity contribution in [2.45, 2.75) is 13.1 Å². The van der Waals surface area contributed by atoms with Crippen LogP contribution < -0.4 is 29.8 Å². The molecule has 9 heteroatoms. The highest BCUT2D eigenvalue weighted by Crippen LogP contribution is 2.33. The van der Waals surface area contributed by atoms with Crippen LogP contribution in [0.3, 0.4) is 0 Å². The van der Waals surface area contributed by atoms with Gasteiger partial charge in [0.2, 0.25) is 6.79 Å². The minimum absolute atomic E-state index is 0.186. The third-order valence-electron chi connectivity index (χ3n) is 5.10. The number of H-pyrrole nitrogens is 1. The van der Waals surface area contributed by atoms with E-state index in [0.717, 1.165) is 16.7 Å². The molecule has 2 heterocycles. The minimum atomic E-state index is -0.186. The second kappa shape index (κ2) is 8.73. The molecule has 0 amide bonds. The summed E-state index contributed by atoms with van der Waals surface area (Å²) in [6, 6.07) is 11.2. The number of rotatable bonds is 6. The van der Waals surface area contributed by atoms with Gasteiger partial charge < -0.3 is 34.1 Å². The quantitative estimate of drug-likeness (QED) is 0.565. The largest absolute Gasteiger partial charge is 0.493 e. The maximum Gasteiger partial charge on any atom is 0.253 e. The molecule has 0 saturated heterocycles. The molecule has 0 unspecified atom stereocenters. The van der Waals surface area contributed by atoms with Crippen molar-refractivity contribution in [3.63, 3.8) is 0 Å². The molecule has 2 aromatic carbocycles. The molecule has 1 aromatic heterocycles. The first-order chi connectivity index (χ1) is 15.0. The van der Waals surface area contributed by atoms with Gasteiger partial charge in [-0.25, -0.2) is 0 Å². The Bertz CT molecular complexity index is 1190. The molecule has 162 valence electrons. The standard InChI is InChI=1S/C22H23N3O5S/c1-23-22(31)25(10-13-4-5-17-20(6-13)30-12-29-17)11-15-7-14-8-18(27-2)19(28-3)9-16(14)24-21(15)26/h4-9H,10-12H2,1-3H3,(H,23,31)(H,24,26). The van der Waals surface area contributed by atoms with Crippen LogP contribution in [0, 0.1) is 0 Å². The highest BCUT2D eigenvalue weighted by atomic mass is 32.1. The van der Waals surface area contributed by atoms with Gasteiger partial charge in [0.1, 0.15) is 0 Å². The van der Waals surface area contributed by atoms with Gasteiger partial charge in [-0.2, -0.15) is 0 Å². The number of nitrogens with zero attached hydrogens (tertiary/aromatic N) is 1. The Kier molecular flexibility index (Phi) is 5.85. The van der Waals surface area contributed by atoms with E-state index in [-0.39, 0.29) is 12.4 Å². The highest BCUT2D eigenvalue weighted by molar-refractivity contribution is 7.80. The molecule has 31 heavy (non-hydrogen) atoms. The van der Waals surface area contributed by atoms with Gasteiger partial charge in [0.15, 0.2) is 28.1 Å². The fourth-order valence-corrected chi connectivity index (χ4v) is 3.65. The van der Waals surface area contributed by atoms with E-state index in [1.54, 1.807) is 27.3 Å². The van der Waals surface area contributed by atoms with Crippen LogP contribution in [0.25, 0.3) is 10.9 Å². The van der Waals surface area contributed by atoms with Crippen molar-refractivity contribution in [2.24, 2.45) is 0 Å². The van der Waals surface area contributed by atoms with Gasteiger partial charge in [0.05, 0.1) is 26.3 Å². The maximum atomic E-state index is 12.8. The molecule has 1 aliphatic heterocycles. The Morgan fingerprint density at radius 3 is 2.58 bits per heavy atom. The average Bonchev–Trinajstić information content (AvgIpc) is 3.25. The summed E-state index contributed by atoms with van der Waals surface area (Å²) in [6.45, 7) is 1.05. The number of ether oxygens (including phenoxy) is 4. The van der Waals surface area contributed by atoms with Crippen LogP contribution >= 0.6 is 12.2 Å². The highest BCUT2D eigenvalue weighted by Gasteiger charge is 2.17. The molecule has 0 spiro atoms. The average molecular weight is 442 g/mol. The van der Waals surface area contributed by atoms with Crippen LogP contribution in [-0.4, -0.2) is 43.1 Å². The topological polar surface area (TPSA) is 85.1 Å². The normalized spacial score (nSPS) is 12.0. The van der Waals surface area contributed by atoms with Crippen molar-refractivity contribution in [3.8, 4) is 23.0 Å². The Morgan fingerprint density at radius 1 is 1.10 bits per heavy atom. The first kappa shape index (κ1) is 20.8. The number of hydrogen-bond acceptors (Lipinski definition) is 6. The first-order valence-electron chi connectivity index (χ1n) is 9.65. The minimum Gasteiger partial charge on any atom is -0.493 e. The summed E-state index contributed by atoms with van der Waals surface area (Å²) in [7, 11) is 4.90. The van der Waals surface area contributed by atoms with Crippen LogP contribution in [0.2, 0.25) is 0 Å². The molecule has 0 radical (unpaired) electrons. The predicted octanol–water partition coefficient (Wildman–Crippen LogP) is 2.78. The fraction of sp³-hybridized carbons (Fsp3) is 0.273. The number of nitrogens with one attached hydrogen (secondary N) is 2. The smallest absolute Gasteiger partial charge is 0.253 e. The van der Waals surface area contributed by atoms with E-state index in [2.05, 4.69) is 10.3 Å². The molecule has 0 fully saturated rings. The van der Waals surface area contributed by atoms with E-state index >= 15 is 0 Å². The lowest BCUT2D eigenvalue weighted by molar-refractivity contribution is 0.174. The molecule has 0 atom stereocenters. The zero-order valence-corrected chi connectivity index (χ0v) is 18.3. The number of aromatic nitrogens is 1. The van der Waals surface area contributed by atoms with Crippen molar-refractivity contribution in [2.75, 3.05) is 28.1 Å². The van der Waals surface area contributed by atoms with Crippen molar-refractivity contribution >= 4 is 28.2 Å². The van der Waals surface area contributed by atoms with Crippen LogP contribution in [0.15, 0.2) is 41.2 Å². The summed E-state index contributed by atoms with van der Waals surface area (Å²) in [4.78, 5) is 17.6. The Hall–Kier alpha value is -3.46. The lowest BCUT2D eigenvalue weighted by Gasteiger charge is -2.25. The van der Waals surface area contributed by atoms with Crippen molar-refractivity contribution < 1.29 is 18.9 Å². The van der Waals surface area contributed by atoms with Crippen molar-refractivity contribution in [1.82, 2.24) is 15.2 Å². The summed E-state index contributed by atoms with van der Waals surface area (Å²) >= 11 is 5.50. The lowest BCUT2D eigenvalue weighted by atomic mass is 10.1. The SMILES string of the molecule is CNC(=S)N(Cc1ccc2c(c1)OCO2)Cc1cc2cc(OC)c(OC)cc2[nH]c1=O. The molecule has 8 nitrogen and oxygen atoms in total. The number of aromatic amines is 1. The molecule has 2 N–H and O–H groups in total. The monoisotopic (exact) mass is 441 g/mol. The Labute approximate surface area is 184 Å². The fourth-order valence-electron chi connectivity index (χ4n) is 3.52. The molecular formula is C22H23N3O5S. The van der Waals surface area contributed by atoms with Crippen LogP contribution in [0.4, 0.5) is 0 Å². The molecule has 4 rings (SSSR count). The van der Waals surface area contributed by atoms with Gasteiger partial charge in [-0.1, -0.05) is 6.07 Å². The van der Waals surface area contributed by atoms with E-state index < -0.39 is 0 Å². The molecule has 0 aliphatic carbocycles. The molecule has 3 aromatic rings. The van der Waals surface area contributed by atoms with Gasteiger partial charge in [0, 0.05) is 30.6 Å². The van der Waals surface area contributed by atoms with Crippen LogP contribution in [-0.2, 0) is 13.1 Å². The summed E-state index contributed by atoms with van der Waals surface area (Å²) < 4.78 is 21.6. The van der Waals surface area contributed by atoms with Crippen LogP contribution in [0.5, 0.6) is 23.0 Å². The number of fused-ring (bicyclic) bond motifs is 2. The van der Waals surface area contributed by atoms with Gasteiger partial charge in [-0.15, -0.1) is 0 Å². The first-order valence-corrected chi connectivity index (χ1v) is 10.1. The van der Waals surface area contributed by atoms with Crippen LogP contribution in [0.1, 0.15) is 11.1 Å². The second-order valence-corrected chi connectivity index (χ2v) is 7.40. The molecule has 0 bridgehead atoms. The summed E-state index contributed by atoms with van der Waals surface area (Å²) in [6.07, 6.45) is 0. The van der Waals surface area contributed by atoms with E-state index in [0.29, 0.717) is 46.5 Å². The second-order valence-electron chi connectivity index (χ2n) is 7.02. The predicted molar refractivity (Wildman–Crippen MR) is 121 cm³/mol. The van der Waals surface area contributed by atoms with E-state index in [9.17, 15) is 4.79 Å². The number of methoxy groups -OCH3 is 2. The Morgan fingerprint density at radius 2 is 1.84 bits per heavy atom. The number of pyridine rings is 1. The zero-order valence-electron chi connectivity index (χ0n) is 17.5. The van der Waals surface area contributed by atoms with Crippen molar-refractivity contribution in [1.29, 1.82) is 0 Å². The third kappa shape index (κ3) is 4.22. The van der Waals surface area contributed by atoms with E-state index in [1.165, 1.54) is 0 Å². The van der Waals surface area contributed by atoms with Gasteiger partial charge in [-0.05, 0) is 42.0 Å². The summed E-state index contributed by atoms with van der Waals surface area (Å²) in [5.74, 6) is 2.58. The summed E-state index contributed by atoms with van der Waals surface area (Å²) in [5, 5.41) is 4.37. The molecule has 1 aliphatic rings. The third-order valence-corrected chi connectivity index (χ3v) is 5.56. The maximum absolute atomic E-state index is 12.8. The Balaban J connectivity index is 1.65. The number of thiocarbonyl (C=S) groups is 1. The van der Waals surface area contributed by atoms with Gasteiger partial charge in [-0.3, -0.25) is 4.79 Å². The van der Waals surface area contributed by atoms with E-state index in [4.69, 9.17) is 31.2 Å².